The molecule has 0 unspecified atom stereocenters. The fraction of sp³-hybridized carbons (Fsp3) is 0.0909. The smallest absolute Gasteiger partial charge is 0.212 e. The minimum atomic E-state index is 0.528. The summed E-state index contributed by atoms with van der Waals surface area (Å²) in [6, 6.07) is 9.87. The zero-order valence-corrected chi connectivity index (χ0v) is 8.32. The summed E-state index contributed by atoms with van der Waals surface area (Å²) in [5.74, 6) is 0.528. The van der Waals surface area contributed by atoms with Crippen LogP contribution < -0.4 is 5.32 Å². The van der Waals surface area contributed by atoms with Gasteiger partial charge in [-0.25, -0.2) is 0 Å². The highest BCUT2D eigenvalue weighted by molar-refractivity contribution is 5.72. The number of carbonyl (C=O) groups excluding carboxylic acids is 1. The first kappa shape index (κ1) is 9.45. The summed E-state index contributed by atoms with van der Waals surface area (Å²) in [6.45, 7) is 2.04. The predicted octanol–water partition coefficient (Wildman–Crippen LogP) is 1.95. The number of carbonyl (C=O) groups is 1. The molecule has 1 aromatic heterocycles. The van der Waals surface area contributed by atoms with Gasteiger partial charge in [-0.2, -0.15) is 5.10 Å². The van der Waals surface area contributed by atoms with Gasteiger partial charge < -0.3 is 5.32 Å². The maximum Gasteiger partial charge on any atom is 0.212 e. The molecular formula is C11H11N3O. The quantitative estimate of drug-likeness (QED) is 0.746. The second-order valence-electron chi connectivity index (χ2n) is 3.30. The molecule has 15 heavy (non-hydrogen) atoms. The van der Waals surface area contributed by atoms with Crippen molar-refractivity contribution in [1.82, 2.24) is 10.2 Å². The maximum absolute atomic E-state index is 10.2. The standard InChI is InChI=1S/C11H11N3O/c1-8-2-4-9(5-3-8)10-6-11(12-7-15)14-13-10/h2-7H,1H3,(H2,12,13,14,15). The van der Waals surface area contributed by atoms with Crippen LogP contribution in [0.4, 0.5) is 5.82 Å². The highest BCUT2D eigenvalue weighted by Gasteiger charge is 2.01. The Morgan fingerprint density at radius 1 is 1.33 bits per heavy atom. The highest BCUT2D eigenvalue weighted by atomic mass is 16.1. The normalized spacial score (nSPS) is 9.93. The minimum Gasteiger partial charge on any atom is -0.312 e. The SMILES string of the molecule is Cc1ccc(-c2cc(NC=O)n[nH]2)cc1. The Morgan fingerprint density at radius 3 is 2.73 bits per heavy atom. The molecule has 0 saturated heterocycles. The third-order valence-corrected chi connectivity index (χ3v) is 2.15. The topological polar surface area (TPSA) is 57.8 Å². The van der Waals surface area contributed by atoms with Crippen molar-refractivity contribution >= 4 is 12.2 Å². The van der Waals surface area contributed by atoms with Crippen LogP contribution in [0.5, 0.6) is 0 Å². The zero-order chi connectivity index (χ0) is 10.7. The van der Waals surface area contributed by atoms with Crippen molar-refractivity contribution < 1.29 is 4.79 Å². The summed E-state index contributed by atoms with van der Waals surface area (Å²) < 4.78 is 0. The van der Waals surface area contributed by atoms with Crippen molar-refractivity contribution in [3.8, 4) is 11.3 Å². The van der Waals surface area contributed by atoms with Gasteiger partial charge in [0.05, 0.1) is 5.69 Å². The van der Waals surface area contributed by atoms with Crippen LogP contribution in [0.2, 0.25) is 0 Å². The van der Waals surface area contributed by atoms with E-state index in [-0.39, 0.29) is 0 Å². The molecule has 0 atom stereocenters. The van der Waals surface area contributed by atoms with Crippen LogP contribution in [0, 0.1) is 6.92 Å². The predicted molar refractivity (Wildman–Crippen MR) is 58.4 cm³/mol. The molecule has 0 fully saturated rings. The lowest BCUT2D eigenvalue weighted by Gasteiger charge is -1.96. The molecule has 0 aliphatic rings. The lowest BCUT2D eigenvalue weighted by atomic mass is 10.1. The van der Waals surface area contributed by atoms with E-state index in [0.717, 1.165) is 11.3 Å². The number of aryl methyl sites for hydroxylation is 1. The fourth-order valence-electron chi connectivity index (χ4n) is 1.34. The van der Waals surface area contributed by atoms with Crippen molar-refractivity contribution in [2.45, 2.75) is 6.92 Å². The number of anilines is 1. The molecule has 0 radical (unpaired) electrons. The van der Waals surface area contributed by atoms with Gasteiger partial charge in [0, 0.05) is 6.07 Å². The van der Waals surface area contributed by atoms with E-state index in [2.05, 4.69) is 15.5 Å². The molecule has 0 aliphatic heterocycles. The largest absolute Gasteiger partial charge is 0.312 e. The van der Waals surface area contributed by atoms with Crippen LogP contribution in [0.25, 0.3) is 11.3 Å². The molecule has 1 aromatic carbocycles. The van der Waals surface area contributed by atoms with E-state index in [9.17, 15) is 4.79 Å². The third kappa shape index (κ3) is 2.04. The summed E-state index contributed by atoms with van der Waals surface area (Å²) in [7, 11) is 0. The molecule has 0 saturated carbocycles. The fourth-order valence-corrected chi connectivity index (χ4v) is 1.34. The number of amides is 1. The van der Waals surface area contributed by atoms with Crippen LogP contribution in [0.3, 0.4) is 0 Å². The van der Waals surface area contributed by atoms with Crippen molar-refractivity contribution in [1.29, 1.82) is 0 Å². The highest BCUT2D eigenvalue weighted by Crippen LogP contribution is 2.19. The van der Waals surface area contributed by atoms with Crippen LogP contribution >= 0.6 is 0 Å². The van der Waals surface area contributed by atoms with Crippen molar-refractivity contribution in [3.05, 3.63) is 35.9 Å². The molecule has 4 heteroatoms. The Bertz CT molecular complexity index is 459. The van der Waals surface area contributed by atoms with Crippen molar-refractivity contribution in [3.63, 3.8) is 0 Å². The first-order valence-corrected chi connectivity index (χ1v) is 4.62. The number of aromatic nitrogens is 2. The Labute approximate surface area is 87.3 Å². The summed E-state index contributed by atoms with van der Waals surface area (Å²) in [5, 5.41) is 9.28. The van der Waals surface area contributed by atoms with E-state index < -0.39 is 0 Å². The van der Waals surface area contributed by atoms with Crippen LogP contribution in [0.15, 0.2) is 30.3 Å². The lowest BCUT2D eigenvalue weighted by Crippen LogP contribution is -1.92. The summed E-state index contributed by atoms with van der Waals surface area (Å²) in [5.41, 5.74) is 3.15. The molecule has 2 rings (SSSR count). The number of nitrogens with zero attached hydrogens (tertiary/aromatic N) is 1. The van der Waals surface area contributed by atoms with Gasteiger partial charge in [-0.1, -0.05) is 29.8 Å². The molecule has 0 bridgehead atoms. The Hall–Kier alpha value is -2.10. The minimum absolute atomic E-state index is 0.528. The monoisotopic (exact) mass is 201 g/mol. The molecular weight excluding hydrogens is 190 g/mol. The first-order valence-electron chi connectivity index (χ1n) is 4.62. The molecule has 0 aliphatic carbocycles. The van der Waals surface area contributed by atoms with Gasteiger partial charge in [0.1, 0.15) is 0 Å². The number of hydrogen-bond acceptors (Lipinski definition) is 2. The van der Waals surface area contributed by atoms with Crippen molar-refractivity contribution in [2.24, 2.45) is 0 Å². The van der Waals surface area contributed by atoms with Gasteiger partial charge in [-0.05, 0) is 12.5 Å². The first-order chi connectivity index (χ1) is 7.29. The molecule has 2 aromatic rings. The van der Waals surface area contributed by atoms with E-state index in [4.69, 9.17) is 0 Å². The van der Waals surface area contributed by atoms with Crippen LogP contribution in [-0.4, -0.2) is 16.6 Å². The van der Waals surface area contributed by atoms with Gasteiger partial charge in [-0.15, -0.1) is 0 Å². The van der Waals surface area contributed by atoms with Gasteiger partial charge in [-0.3, -0.25) is 9.89 Å². The number of aromatic amines is 1. The molecule has 4 nitrogen and oxygen atoms in total. The maximum atomic E-state index is 10.2. The summed E-state index contributed by atoms with van der Waals surface area (Å²) >= 11 is 0. The average molecular weight is 201 g/mol. The molecule has 1 heterocycles. The molecule has 0 spiro atoms. The number of rotatable bonds is 3. The average Bonchev–Trinajstić information content (AvgIpc) is 2.68. The summed E-state index contributed by atoms with van der Waals surface area (Å²) in [4.78, 5) is 10.2. The second kappa shape index (κ2) is 3.96. The van der Waals surface area contributed by atoms with Crippen LogP contribution in [-0.2, 0) is 4.79 Å². The molecule has 2 N–H and O–H groups in total. The molecule has 76 valence electrons. The van der Waals surface area contributed by atoms with Crippen LogP contribution in [0.1, 0.15) is 5.56 Å². The Morgan fingerprint density at radius 2 is 2.07 bits per heavy atom. The van der Waals surface area contributed by atoms with E-state index in [0.29, 0.717) is 12.2 Å². The zero-order valence-electron chi connectivity index (χ0n) is 8.32. The van der Waals surface area contributed by atoms with Crippen molar-refractivity contribution in [2.75, 3.05) is 5.32 Å². The number of benzene rings is 1. The lowest BCUT2D eigenvalue weighted by molar-refractivity contribution is -0.105. The van der Waals surface area contributed by atoms with E-state index >= 15 is 0 Å². The molecule has 1 amide bonds. The van der Waals surface area contributed by atoms with Gasteiger partial charge in [0.25, 0.3) is 0 Å². The van der Waals surface area contributed by atoms with Gasteiger partial charge in [0.2, 0.25) is 6.41 Å². The number of hydrogen-bond donors (Lipinski definition) is 2. The second-order valence-corrected chi connectivity index (χ2v) is 3.30. The number of H-pyrrole nitrogens is 1. The van der Waals surface area contributed by atoms with E-state index in [1.165, 1.54) is 5.56 Å². The van der Waals surface area contributed by atoms with Gasteiger partial charge in [0.15, 0.2) is 5.82 Å². The van der Waals surface area contributed by atoms with Gasteiger partial charge >= 0.3 is 0 Å². The third-order valence-electron chi connectivity index (χ3n) is 2.15. The summed E-state index contributed by atoms with van der Waals surface area (Å²) in [6.07, 6.45) is 0.606. The van der Waals surface area contributed by atoms with E-state index in [1.54, 1.807) is 6.07 Å². The Kier molecular flexibility index (Phi) is 2.49. The Balaban J connectivity index is 2.28. The van der Waals surface area contributed by atoms with E-state index in [1.807, 2.05) is 31.2 Å². The number of nitrogens with one attached hydrogen (secondary N) is 2.